The SMILES string of the molecule is COc1ccc(-c2csc3nc(C)n(CC(=O)Nc4ccc(C)cc4)c(=O)c23)cc1. The zero-order valence-electron chi connectivity index (χ0n) is 16.9. The standard InChI is InChI=1S/C23H21N3O3S/c1-14-4-8-17(9-5-14)25-20(27)12-26-15(2)24-22-21(23(26)28)19(13-30-22)16-6-10-18(29-3)11-7-16/h4-11,13H,12H2,1-3H3,(H,25,27). The van der Waals surface area contributed by atoms with E-state index in [-0.39, 0.29) is 18.0 Å². The van der Waals surface area contributed by atoms with Crippen molar-refractivity contribution < 1.29 is 9.53 Å². The van der Waals surface area contributed by atoms with Gasteiger partial charge in [-0.2, -0.15) is 0 Å². The minimum atomic E-state index is -0.272. The number of aryl methyl sites for hydroxylation is 2. The molecule has 4 rings (SSSR count). The van der Waals surface area contributed by atoms with Gasteiger partial charge in [-0.3, -0.25) is 14.2 Å². The molecule has 0 spiro atoms. The Labute approximate surface area is 177 Å². The molecule has 0 aliphatic rings. The van der Waals surface area contributed by atoms with Crippen LogP contribution in [0.3, 0.4) is 0 Å². The van der Waals surface area contributed by atoms with Gasteiger partial charge in [0, 0.05) is 16.6 Å². The predicted octanol–water partition coefficient (Wildman–Crippen LogP) is 4.39. The number of methoxy groups -OCH3 is 1. The van der Waals surface area contributed by atoms with E-state index in [1.165, 1.54) is 15.9 Å². The summed E-state index contributed by atoms with van der Waals surface area (Å²) in [5.41, 5.74) is 3.30. The van der Waals surface area contributed by atoms with E-state index in [1.807, 2.05) is 60.8 Å². The third kappa shape index (κ3) is 3.84. The number of nitrogens with one attached hydrogen (secondary N) is 1. The van der Waals surface area contributed by atoms with Crippen molar-refractivity contribution in [2.24, 2.45) is 0 Å². The first-order valence-corrected chi connectivity index (χ1v) is 10.3. The molecule has 0 saturated carbocycles. The van der Waals surface area contributed by atoms with Crippen molar-refractivity contribution >= 4 is 33.1 Å². The lowest BCUT2D eigenvalue weighted by Crippen LogP contribution is -2.30. The third-order valence-corrected chi connectivity index (χ3v) is 5.79. The van der Waals surface area contributed by atoms with Gasteiger partial charge in [0.1, 0.15) is 22.9 Å². The van der Waals surface area contributed by atoms with Crippen LogP contribution in [0.25, 0.3) is 21.3 Å². The molecule has 0 saturated heterocycles. The van der Waals surface area contributed by atoms with Crippen LogP contribution < -0.4 is 15.6 Å². The number of ether oxygens (including phenoxy) is 1. The van der Waals surface area contributed by atoms with E-state index in [1.54, 1.807) is 14.0 Å². The lowest BCUT2D eigenvalue weighted by atomic mass is 10.1. The summed E-state index contributed by atoms with van der Waals surface area (Å²) < 4.78 is 6.63. The molecule has 152 valence electrons. The first-order chi connectivity index (χ1) is 14.5. The van der Waals surface area contributed by atoms with Crippen LogP contribution in [0.5, 0.6) is 5.75 Å². The van der Waals surface area contributed by atoms with E-state index < -0.39 is 0 Å². The number of hydrogen-bond acceptors (Lipinski definition) is 5. The highest BCUT2D eigenvalue weighted by Crippen LogP contribution is 2.32. The van der Waals surface area contributed by atoms with E-state index >= 15 is 0 Å². The first kappa shape index (κ1) is 19.8. The Morgan fingerprint density at radius 3 is 2.47 bits per heavy atom. The molecule has 2 aromatic carbocycles. The average Bonchev–Trinajstić information content (AvgIpc) is 3.16. The Morgan fingerprint density at radius 1 is 1.10 bits per heavy atom. The summed E-state index contributed by atoms with van der Waals surface area (Å²) >= 11 is 1.42. The third-order valence-electron chi connectivity index (χ3n) is 4.92. The van der Waals surface area contributed by atoms with E-state index in [4.69, 9.17) is 4.74 Å². The van der Waals surface area contributed by atoms with Crippen molar-refractivity contribution in [1.82, 2.24) is 9.55 Å². The summed E-state index contributed by atoms with van der Waals surface area (Å²) in [6, 6.07) is 15.1. The monoisotopic (exact) mass is 419 g/mol. The predicted molar refractivity (Wildman–Crippen MR) is 120 cm³/mol. The molecule has 6 nitrogen and oxygen atoms in total. The van der Waals surface area contributed by atoms with Gasteiger partial charge in [0.25, 0.3) is 5.56 Å². The maximum Gasteiger partial charge on any atom is 0.263 e. The molecular weight excluding hydrogens is 398 g/mol. The second-order valence-electron chi connectivity index (χ2n) is 7.02. The van der Waals surface area contributed by atoms with Crippen molar-refractivity contribution in [1.29, 1.82) is 0 Å². The summed E-state index contributed by atoms with van der Waals surface area (Å²) in [5, 5.41) is 5.29. The van der Waals surface area contributed by atoms with Crippen molar-refractivity contribution in [3.8, 4) is 16.9 Å². The van der Waals surface area contributed by atoms with Crippen molar-refractivity contribution in [3.05, 3.63) is 75.7 Å². The number of aromatic nitrogens is 2. The van der Waals surface area contributed by atoms with E-state index in [0.717, 1.165) is 22.4 Å². The summed E-state index contributed by atoms with van der Waals surface area (Å²) in [7, 11) is 1.61. The van der Waals surface area contributed by atoms with Gasteiger partial charge in [-0.25, -0.2) is 4.98 Å². The van der Waals surface area contributed by atoms with Crippen molar-refractivity contribution in [2.45, 2.75) is 20.4 Å². The van der Waals surface area contributed by atoms with Gasteiger partial charge in [0.05, 0.1) is 12.5 Å². The second-order valence-corrected chi connectivity index (χ2v) is 7.88. The zero-order valence-corrected chi connectivity index (χ0v) is 17.7. The lowest BCUT2D eigenvalue weighted by Gasteiger charge is -2.11. The highest BCUT2D eigenvalue weighted by molar-refractivity contribution is 7.17. The smallest absolute Gasteiger partial charge is 0.263 e. The number of amides is 1. The molecule has 1 amide bonds. The van der Waals surface area contributed by atoms with Crippen molar-refractivity contribution in [3.63, 3.8) is 0 Å². The number of carbonyl (C=O) groups excluding carboxylic acids is 1. The Hall–Kier alpha value is -3.45. The van der Waals surface area contributed by atoms with Gasteiger partial charge in [0.2, 0.25) is 5.91 Å². The molecule has 7 heteroatoms. The number of thiophene rings is 1. The van der Waals surface area contributed by atoms with Crippen LogP contribution in [-0.2, 0) is 11.3 Å². The Morgan fingerprint density at radius 2 is 1.80 bits per heavy atom. The van der Waals surface area contributed by atoms with Gasteiger partial charge in [-0.05, 0) is 43.7 Å². The van der Waals surface area contributed by atoms with Gasteiger partial charge in [-0.15, -0.1) is 11.3 Å². The van der Waals surface area contributed by atoms with Crippen LogP contribution in [0, 0.1) is 13.8 Å². The number of carbonyl (C=O) groups is 1. The minimum Gasteiger partial charge on any atom is -0.497 e. The Bertz CT molecular complexity index is 1270. The molecule has 0 atom stereocenters. The van der Waals surface area contributed by atoms with E-state index in [2.05, 4.69) is 10.3 Å². The maximum absolute atomic E-state index is 13.3. The Kier molecular flexibility index (Phi) is 5.37. The molecule has 4 aromatic rings. The highest BCUT2D eigenvalue weighted by Gasteiger charge is 2.17. The van der Waals surface area contributed by atoms with Gasteiger partial charge in [0.15, 0.2) is 0 Å². The number of rotatable bonds is 5. The normalized spacial score (nSPS) is 10.9. The van der Waals surface area contributed by atoms with E-state index in [9.17, 15) is 9.59 Å². The van der Waals surface area contributed by atoms with Crippen LogP contribution in [0.4, 0.5) is 5.69 Å². The van der Waals surface area contributed by atoms with Crippen LogP contribution in [-0.4, -0.2) is 22.6 Å². The van der Waals surface area contributed by atoms with Crippen LogP contribution >= 0.6 is 11.3 Å². The highest BCUT2D eigenvalue weighted by atomic mass is 32.1. The molecule has 2 aromatic heterocycles. The van der Waals surface area contributed by atoms with Crippen LogP contribution in [0.1, 0.15) is 11.4 Å². The van der Waals surface area contributed by atoms with Crippen LogP contribution in [0.2, 0.25) is 0 Å². The molecule has 2 heterocycles. The minimum absolute atomic E-state index is 0.0978. The first-order valence-electron chi connectivity index (χ1n) is 9.46. The Balaban J connectivity index is 1.69. The quantitative estimate of drug-likeness (QED) is 0.521. The van der Waals surface area contributed by atoms with E-state index in [0.29, 0.717) is 21.7 Å². The number of nitrogens with zero attached hydrogens (tertiary/aromatic N) is 2. The summed E-state index contributed by atoms with van der Waals surface area (Å²) in [4.78, 5) is 31.1. The fourth-order valence-corrected chi connectivity index (χ4v) is 4.26. The number of hydrogen-bond donors (Lipinski definition) is 1. The van der Waals surface area contributed by atoms with Crippen molar-refractivity contribution in [2.75, 3.05) is 12.4 Å². The molecule has 30 heavy (non-hydrogen) atoms. The second kappa shape index (κ2) is 8.12. The summed E-state index contributed by atoms with van der Waals surface area (Å²) in [6.07, 6.45) is 0. The molecule has 1 N–H and O–H groups in total. The van der Waals surface area contributed by atoms with Crippen LogP contribution in [0.15, 0.2) is 58.7 Å². The van der Waals surface area contributed by atoms with Gasteiger partial charge in [-0.1, -0.05) is 29.8 Å². The lowest BCUT2D eigenvalue weighted by molar-refractivity contribution is -0.116. The largest absolute Gasteiger partial charge is 0.497 e. The summed E-state index contributed by atoms with van der Waals surface area (Å²) in [5.74, 6) is 0.985. The summed E-state index contributed by atoms with van der Waals surface area (Å²) in [6.45, 7) is 3.63. The van der Waals surface area contributed by atoms with Gasteiger partial charge < -0.3 is 10.1 Å². The average molecular weight is 420 g/mol. The topological polar surface area (TPSA) is 73.2 Å². The zero-order chi connectivity index (χ0) is 21.3. The molecule has 0 radical (unpaired) electrons. The molecule has 0 aliphatic heterocycles. The maximum atomic E-state index is 13.3. The molecule has 0 aliphatic carbocycles. The molecule has 0 unspecified atom stereocenters. The number of benzene rings is 2. The van der Waals surface area contributed by atoms with Gasteiger partial charge >= 0.3 is 0 Å². The number of fused-ring (bicyclic) bond motifs is 1. The number of anilines is 1. The molecule has 0 fully saturated rings. The fraction of sp³-hybridized carbons (Fsp3) is 0.174. The fourth-order valence-electron chi connectivity index (χ4n) is 3.28. The molecular formula is C23H21N3O3S. The molecule has 0 bridgehead atoms.